The largest absolute Gasteiger partial charge is 0.397 e. The molecule has 0 aliphatic carbocycles. The van der Waals surface area contributed by atoms with Crippen molar-refractivity contribution in [2.45, 2.75) is 13.8 Å². The minimum atomic E-state index is 0.733. The van der Waals surface area contributed by atoms with Crippen molar-refractivity contribution >= 4 is 11.4 Å². The summed E-state index contributed by atoms with van der Waals surface area (Å²) in [5, 5.41) is 3.18. The van der Waals surface area contributed by atoms with E-state index in [1.54, 1.807) is 18.5 Å². The zero-order valence-electron chi connectivity index (χ0n) is 8.04. The zero-order chi connectivity index (χ0) is 9.68. The number of allylic oxidation sites excluding steroid dienone is 1. The van der Waals surface area contributed by atoms with E-state index in [9.17, 15) is 0 Å². The number of nitrogens with zero attached hydrogens (tertiary/aromatic N) is 1. The van der Waals surface area contributed by atoms with Crippen LogP contribution in [0.5, 0.6) is 0 Å². The first-order valence-electron chi connectivity index (χ1n) is 4.27. The van der Waals surface area contributed by atoms with E-state index in [0.29, 0.717) is 0 Å². The highest BCUT2D eigenvalue weighted by Crippen LogP contribution is 2.14. The van der Waals surface area contributed by atoms with Gasteiger partial charge in [0.1, 0.15) is 0 Å². The van der Waals surface area contributed by atoms with Crippen molar-refractivity contribution in [2.75, 3.05) is 17.6 Å². The molecule has 0 unspecified atom stereocenters. The Bertz CT molecular complexity index is 301. The molecule has 0 amide bonds. The van der Waals surface area contributed by atoms with Crippen LogP contribution >= 0.6 is 0 Å². The molecule has 1 rings (SSSR count). The number of pyridine rings is 1. The molecule has 70 valence electrons. The van der Waals surface area contributed by atoms with Gasteiger partial charge in [0.2, 0.25) is 0 Å². The second-order valence-electron chi connectivity index (χ2n) is 3.13. The van der Waals surface area contributed by atoms with E-state index in [2.05, 4.69) is 30.2 Å². The van der Waals surface area contributed by atoms with Gasteiger partial charge in [0, 0.05) is 12.7 Å². The fourth-order valence-electron chi connectivity index (χ4n) is 0.918. The van der Waals surface area contributed by atoms with Gasteiger partial charge in [-0.3, -0.25) is 4.98 Å². The minimum absolute atomic E-state index is 0.733. The Morgan fingerprint density at radius 3 is 3.00 bits per heavy atom. The topological polar surface area (TPSA) is 50.9 Å². The van der Waals surface area contributed by atoms with Gasteiger partial charge in [-0.1, -0.05) is 11.6 Å². The Kier molecular flexibility index (Phi) is 3.31. The van der Waals surface area contributed by atoms with Crippen LogP contribution in [0, 0.1) is 0 Å². The third-order valence-corrected chi connectivity index (χ3v) is 1.66. The first-order chi connectivity index (χ1) is 6.20. The molecule has 13 heavy (non-hydrogen) atoms. The number of hydrogen-bond acceptors (Lipinski definition) is 3. The summed E-state index contributed by atoms with van der Waals surface area (Å²) in [7, 11) is 0. The smallest absolute Gasteiger partial charge is 0.0762 e. The second kappa shape index (κ2) is 4.50. The monoisotopic (exact) mass is 177 g/mol. The van der Waals surface area contributed by atoms with Gasteiger partial charge in [-0.05, 0) is 19.9 Å². The molecule has 3 N–H and O–H groups in total. The van der Waals surface area contributed by atoms with E-state index >= 15 is 0 Å². The Labute approximate surface area is 78.7 Å². The molecule has 0 aliphatic rings. The molecular weight excluding hydrogens is 162 g/mol. The molecule has 0 saturated heterocycles. The molecule has 0 saturated carbocycles. The van der Waals surface area contributed by atoms with Crippen molar-refractivity contribution < 1.29 is 0 Å². The lowest BCUT2D eigenvalue weighted by atomic mass is 10.3. The van der Waals surface area contributed by atoms with Crippen LogP contribution in [0.15, 0.2) is 30.1 Å². The molecule has 0 atom stereocenters. The molecule has 0 fully saturated rings. The average molecular weight is 177 g/mol. The Hall–Kier alpha value is -1.51. The summed E-state index contributed by atoms with van der Waals surface area (Å²) in [6.07, 6.45) is 5.52. The van der Waals surface area contributed by atoms with Gasteiger partial charge in [-0.15, -0.1) is 0 Å². The highest BCUT2D eigenvalue weighted by molar-refractivity contribution is 5.64. The fourth-order valence-corrected chi connectivity index (χ4v) is 0.918. The van der Waals surface area contributed by atoms with Crippen molar-refractivity contribution in [1.82, 2.24) is 4.98 Å². The third kappa shape index (κ3) is 3.15. The zero-order valence-corrected chi connectivity index (χ0v) is 8.04. The molecule has 0 bridgehead atoms. The van der Waals surface area contributed by atoms with Crippen molar-refractivity contribution in [3.63, 3.8) is 0 Å². The van der Waals surface area contributed by atoms with Crippen molar-refractivity contribution in [1.29, 1.82) is 0 Å². The van der Waals surface area contributed by atoms with Gasteiger partial charge in [0.05, 0.1) is 17.6 Å². The van der Waals surface area contributed by atoms with Gasteiger partial charge in [-0.25, -0.2) is 0 Å². The first-order valence-corrected chi connectivity index (χ1v) is 4.27. The van der Waals surface area contributed by atoms with E-state index in [1.165, 1.54) is 5.57 Å². The van der Waals surface area contributed by atoms with Gasteiger partial charge >= 0.3 is 0 Å². The van der Waals surface area contributed by atoms with Gasteiger partial charge in [0.25, 0.3) is 0 Å². The maximum Gasteiger partial charge on any atom is 0.0762 e. The van der Waals surface area contributed by atoms with E-state index in [1.807, 2.05) is 0 Å². The van der Waals surface area contributed by atoms with Gasteiger partial charge < -0.3 is 11.1 Å². The van der Waals surface area contributed by atoms with E-state index in [4.69, 9.17) is 5.73 Å². The number of aromatic nitrogens is 1. The van der Waals surface area contributed by atoms with Crippen LogP contribution in [-0.2, 0) is 0 Å². The normalized spacial score (nSPS) is 9.38. The quantitative estimate of drug-likeness (QED) is 0.695. The molecule has 3 nitrogen and oxygen atoms in total. The maximum absolute atomic E-state index is 5.71. The summed E-state index contributed by atoms with van der Waals surface area (Å²) in [4.78, 5) is 3.98. The molecular formula is C10H15N3. The summed E-state index contributed by atoms with van der Waals surface area (Å²) in [6.45, 7) is 4.92. The van der Waals surface area contributed by atoms with E-state index < -0.39 is 0 Å². The standard InChI is InChI=1S/C10H15N3/c1-8(2)3-6-13-10-7-12-5-4-9(10)11/h3-5,7,13H,6H2,1-2H3,(H2,11,12). The number of nitrogens with one attached hydrogen (secondary N) is 1. The lowest BCUT2D eigenvalue weighted by Crippen LogP contribution is -2.02. The van der Waals surface area contributed by atoms with Gasteiger partial charge in [-0.2, -0.15) is 0 Å². The Morgan fingerprint density at radius 1 is 1.62 bits per heavy atom. The fraction of sp³-hybridized carbons (Fsp3) is 0.300. The number of nitrogens with two attached hydrogens (primary N) is 1. The summed E-state index contributed by atoms with van der Waals surface area (Å²) >= 11 is 0. The summed E-state index contributed by atoms with van der Waals surface area (Å²) < 4.78 is 0. The van der Waals surface area contributed by atoms with Crippen molar-refractivity contribution in [2.24, 2.45) is 0 Å². The molecule has 3 heteroatoms. The number of hydrogen-bond donors (Lipinski definition) is 2. The van der Waals surface area contributed by atoms with Crippen molar-refractivity contribution in [3.05, 3.63) is 30.1 Å². The SMILES string of the molecule is CC(C)=CCNc1cnccc1N. The van der Waals surface area contributed by atoms with Crippen LogP contribution in [0.3, 0.4) is 0 Å². The van der Waals surface area contributed by atoms with E-state index in [-0.39, 0.29) is 0 Å². The summed E-state index contributed by atoms with van der Waals surface area (Å²) in [6, 6.07) is 1.78. The predicted octanol–water partition coefficient (Wildman–Crippen LogP) is 2.04. The highest BCUT2D eigenvalue weighted by Gasteiger charge is 1.94. The van der Waals surface area contributed by atoms with Gasteiger partial charge in [0.15, 0.2) is 0 Å². The van der Waals surface area contributed by atoms with Crippen LogP contribution < -0.4 is 11.1 Å². The number of nitrogen functional groups attached to an aromatic ring is 1. The lowest BCUT2D eigenvalue weighted by molar-refractivity contribution is 1.24. The molecule has 0 aromatic carbocycles. The van der Waals surface area contributed by atoms with Crippen LogP contribution in [0.25, 0.3) is 0 Å². The highest BCUT2D eigenvalue weighted by atomic mass is 14.9. The molecule has 0 spiro atoms. The third-order valence-electron chi connectivity index (χ3n) is 1.66. The molecule has 0 aliphatic heterocycles. The molecule has 1 aromatic heterocycles. The first kappa shape index (κ1) is 9.58. The van der Waals surface area contributed by atoms with Crippen LogP contribution in [0.4, 0.5) is 11.4 Å². The molecule has 1 heterocycles. The Morgan fingerprint density at radius 2 is 2.38 bits per heavy atom. The van der Waals surface area contributed by atoms with Crippen LogP contribution in [0.2, 0.25) is 0 Å². The summed E-state index contributed by atoms with van der Waals surface area (Å²) in [5.74, 6) is 0. The van der Waals surface area contributed by atoms with Crippen molar-refractivity contribution in [3.8, 4) is 0 Å². The maximum atomic E-state index is 5.71. The molecule has 0 radical (unpaired) electrons. The number of rotatable bonds is 3. The van der Waals surface area contributed by atoms with Crippen LogP contribution in [-0.4, -0.2) is 11.5 Å². The summed E-state index contributed by atoms with van der Waals surface area (Å²) in [5.41, 5.74) is 8.62. The van der Waals surface area contributed by atoms with E-state index in [0.717, 1.165) is 17.9 Å². The second-order valence-corrected chi connectivity index (χ2v) is 3.13. The van der Waals surface area contributed by atoms with Crippen LogP contribution in [0.1, 0.15) is 13.8 Å². The Balaban J connectivity index is 2.55. The predicted molar refractivity (Wildman–Crippen MR) is 56.6 cm³/mol. The minimum Gasteiger partial charge on any atom is -0.397 e. The average Bonchev–Trinajstić information content (AvgIpc) is 2.08. The number of anilines is 2. The lowest BCUT2D eigenvalue weighted by Gasteiger charge is -2.05. The molecule has 1 aromatic rings.